The molecule has 1 aromatic rings. The maximum Gasteiger partial charge on any atom is 0.219 e. The SMILES string of the molecule is CC1COCCC1(O)c1cc(Cl)cnc1F. The topological polar surface area (TPSA) is 42.4 Å². The first-order chi connectivity index (χ1) is 7.54. The van der Waals surface area contributed by atoms with Crippen molar-refractivity contribution in [1.29, 1.82) is 0 Å². The molecule has 16 heavy (non-hydrogen) atoms. The van der Waals surface area contributed by atoms with Gasteiger partial charge in [-0.15, -0.1) is 0 Å². The van der Waals surface area contributed by atoms with Crippen LogP contribution in [0.15, 0.2) is 12.3 Å². The minimum Gasteiger partial charge on any atom is -0.385 e. The van der Waals surface area contributed by atoms with Gasteiger partial charge >= 0.3 is 0 Å². The Kier molecular flexibility index (Phi) is 3.15. The van der Waals surface area contributed by atoms with E-state index in [0.29, 0.717) is 24.7 Å². The Hall–Kier alpha value is -0.710. The predicted octanol–water partition coefficient (Wildman–Crippen LogP) is 2.12. The molecule has 0 amide bonds. The number of ether oxygens (including phenoxy) is 1. The predicted molar refractivity (Wildman–Crippen MR) is 57.7 cm³/mol. The lowest BCUT2D eigenvalue weighted by Gasteiger charge is -2.38. The van der Waals surface area contributed by atoms with Crippen molar-refractivity contribution < 1.29 is 14.2 Å². The molecule has 1 saturated heterocycles. The summed E-state index contributed by atoms with van der Waals surface area (Å²) in [5.74, 6) is -0.850. The Bertz CT molecular complexity index is 402. The van der Waals surface area contributed by atoms with E-state index in [0.717, 1.165) is 0 Å². The Labute approximate surface area is 98.2 Å². The molecule has 3 nitrogen and oxygen atoms in total. The number of pyridine rings is 1. The summed E-state index contributed by atoms with van der Waals surface area (Å²) in [5, 5.41) is 10.8. The van der Waals surface area contributed by atoms with Crippen LogP contribution in [0.2, 0.25) is 5.02 Å². The van der Waals surface area contributed by atoms with Gasteiger partial charge in [-0.2, -0.15) is 4.39 Å². The molecule has 0 saturated carbocycles. The highest BCUT2D eigenvalue weighted by Crippen LogP contribution is 2.37. The Morgan fingerprint density at radius 3 is 3.12 bits per heavy atom. The van der Waals surface area contributed by atoms with Crippen molar-refractivity contribution in [1.82, 2.24) is 4.98 Å². The van der Waals surface area contributed by atoms with Crippen LogP contribution in [-0.2, 0) is 10.3 Å². The van der Waals surface area contributed by atoms with Crippen molar-refractivity contribution >= 4 is 11.6 Å². The molecule has 2 unspecified atom stereocenters. The summed E-state index contributed by atoms with van der Waals surface area (Å²) in [5.41, 5.74) is -1.07. The number of halogens is 2. The molecular formula is C11H13ClFNO2. The van der Waals surface area contributed by atoms with Gasteiger partial charge in [0.1, 0.15) is 5.60 Å². The van der Waals surface area contributed by atoms with E-state index in [1.807, 2.05) is 6.92 Å². The van der Waals surface area contributed by atoms with Crippen LogP contribution in [0.1, 0.15) is 18.9 Å². The molecule has 2 atom stereocenters. The second kappa shape index (κ2) is 4.28. The van der Waals surface area contributed by atoms with Gasteiger partial charge < -0.3 is 9.84 Å². The Morgan fingerprint density at radius 2 is 2.44 bits per heavy atom. The second-order valence-corrected chi connectivity index (χ2v) is 4.58. The van der Waals surface area contributed by atoms with Crippen LogP contribution in [0.3, 0.4) is 0 Å². The second-order valence-electron chi connectivity index (χ2n) is 4.14. The van der Waals surface area contributed by atoms with Crippen molar-refractivity contribution in [2.45, 2.75) is 18.9 Å². The summed E-state index contributed by atoms with van der Waals surface area (Å²) in [4.78, 5) is 3.53. The minimum absolute atomic E-state index is 0.163. The average Bonchev–Trinajstić information content (AvgIpc) is 2.26. The monoisotopic (exact) mass is 245 g/mol. The first-order valence-corrected chi connectivity index (χ1v) is 5.53. The average molecular weight is 246 g/mol. The van der Waals surface area contributed by atoms with Gasteiger partial charge in [0.05, 0.1) is 11.6 Å². The van der Waals surface area contributed by atoms with Crippen LogP contribution >= 0.6 is 11.6 Å². The van der Waals surface area contributed by atoms with E-state index in [9.17, 15) is 9.50 Å². The molecule has 2 heterocycles. The fourth-order valence-electron chi connectivity index (χ4n) is 2.00. The number of rotatable bonds is 1. The van der Waals surface area contributed by atoms with Crippen LogP contribution in [0.4, 0.5) is 4.39 Å². The largest absolute Gasteiger partial charge is 0.385 e. The van der Waals surface area contributed by atoms with Crippen LogP contribution in [-0.4, -0.2) is 23.3 Å². The van der Waals surface area contributed by atoms with Crippen molar-refractivity contribution in [3.63, 3.8) is 0 Å². The van der Waals surface area contributed by atoms with Crippen molar-refractivity contribution in [2.24, 2.45) is 5.92 Å². The van der Waals surface area contributed by atoms with E-state index in [1.165, 1.54) is 12.3 Å². The molecular weight excluding hydrogens is 233 g/mol. The fourth-order valence-corrected chi connectivity index (χ4v) is 2.16. The number of aromatic nitrogens is 1. The first-order valence-electron chi connectivity index (χ1n) is 5.15. The van der Waals surface area contributed by atoms with E-state index in [4.69, 9.17) is 16.3 Å². The van der Waals surface area contributed by atoms with Crippen LogP contribution in [0, 0.1) is 11.9 Å². The lowest BCUT2D eigenvalue weighted by molar-refractivity contribution is -0.113. The lowest BCUT2D eigenvalue weighted by Crippen LogP contribution is -2.42. The first kappa shape index (κ1) is 11.8. The zero-order chi connectivity index (χ0) is 11.8. The molecule has 0 bridgehead atoms. The zero-order valence-corrected chi connectivity index (χ0v) is 9.67. The number of aliphatic hydroxyl groups is 1. The van der Waals surface area contributed by atoms with E-state index in [2.05, 4.69) is 4.98 Å². The molecule has 1 fully saturated rings. The summed E-state index contributed by atoms with van der Waals surface area (Å²) >= 11 is 5.77. The highest BCUT2D eigenvalue weighted by Gasteiger charge is 2.40. The fraction of sp³-hybridized carbons (Fsp3) is 0.545. The molecule has 5 heteroatoms. The van der Waals surface area contributed by atoms with Gasteiger partial charge in [-0.3, -0.25) is 0 Å². The molecule has 0 aromatic carbocycles. The molecule has 1 N–H and O–H groups in total. The smallest absolute Gasteiger partial charge is 0.219 e. The van der Waals surface area contributed by atoms with Crippen molar-refractivity contribution in [3.8, 4) is 0 Å². The molecule has 0 radical (unpaired) electrons. The number of hydrogen-bond acceptors (Lipinski definition) is 3. The summed E-state index contributed by atoms with van der Waals surface area (Å²) in [7, 11) is 0. The third kappa shape index (κ3) is 1.93. The van der Waals surface area contributed by atoms with Crippen LogP contribution in [0.5, 0.6) is 0 Å². The van der Waals surface area contributed by atoms with Gasteiger partial charge in [0.15, 0.2) is 0 Å². The van der Waals surface area contributed by atoms with E-state index < -0.39 is 11.5 Å². The molecule has 1 aliphatic heterocycles. The third-order valence-corrected chi connectivity index (χ3v) is 3.29. The normalized spacial score (nSPS) is 30.4. The van der Waals surface area contributed by atoms with E-state index in [-0.39, 0.29) is 11.5 Å². The minimum atomic E-state index is -1.24. The van der Waals surface area contributed by atoms with Crippen molar-refractivity contribution in [2.75, 3.05) is 13.2 Å². The maximum absolute atomic E-state index is 13.6. The van der Waals surface area contributed by atoms with Gasteiger partial charge in [-0.05, 0) is 6.07 Å². The quantitative estimate of drug-likeness (QED) is 0.771. The Balaban J connectivity index is 2.44. The lowest BCUT2D eigenvalue weighted by atomic mass is 9.79. The molecule has 1 aliphatic rings. The highest BCUT2D eigenvalue weighted by molar-refractivity contribution is 6.30. The van der Waals surface area contributed by atoms with Crippen LogP contribution < -0.4 is 0 Å². The van der Waals surface area contributed by atoms with Gasteiger partial charge in [0.2, 0.25) is 5.95 Å². The molecule has 1 aromatic heterocycles. The number of hydrogen-bond donors (Lipinski definition) is 1. The summed E-state index contributed by atoms with van der Waals surface area (Å²) in [6.45, 7) is 2.63. The van der Waals surface area contributed by atoms with Gasteiger partial charge in [-0.25, -0.2) is 4.98 Å². The van der Waals surface area contributed by atoms with Crippen molar-refractivity contribution in [3.05, 3.63) is 28.8 Å². The third-order valence-electron chi connectivity index (χ3n) is 3.08. The summed E-state index contributed by atoms with van der Waals surface area (Å²) in [6.07, 6.45) is 1.58. The summed E-state index contributed by atoms with van der Waals surface area (Å²) in [6, 6.07) is 1.44. The molecule has 0 aliphatic carbocycles. The number of nitrogens with zero attached hydrogens (tertiary/aromatic N) is 1. The van der Waals surface area contributed by atoms with Gasteiger partial charge in [0.25, 0.3) is 0 Å². The molecule has 2 rings (SSSR count). The van der Waals surface area contributed by atoms with E-state index >= 15 is 0 Å². The van der Waals surface area contributed by atoms with Gasteiger partial charge in [0, 0.05) is 30.7 Å². The van der Waals surface area contributed by atoms with Gasteiger partial charge in [-0.1, -0.05) is 18.5 Å². The Morgan fingerprint density at radius 1 is 1.69 bits per heavy atom. The highest BCUT2D eigenvalue weighted by atomic mass is 35.5. The van der Waals surface area contributed by atoms with E-state index in [1.54, 1.807) is 0 Å². The maximum atomic E-state index is 13.6. The zero-order valence-electron chi connectivity index (χ0n) is 8.91. The molecule has 0 spiro atoms. The standard InChI is InChI=1S/C11H13ClFNO2/c1-7-6-16-3-2-11(7,15)9-4-8(12)5-14-10(9)13/h4-5,7,15H,2-3,6H2,1H3. The van der Waals surface area contributed by atoms with Crippen LogP contribution in [0.25, 0.3) is 0 Å². The summed E-state index contributed by atoms with van der Waals surface area (Å²) < 4.78 is 18.8. The molecule has 88 valence electrons.